The Bertz CT molecular complexity index is 681. The van der Waals surface area contributed by atoms with Gasteiger partial charge in [-0.05, 0) is 37.1 Å². The number of rotatable bonds is 7. The van der Waals surface area contributed by atoms with E-state index in [9.17, 15) is 9.90 Å². The molecule has 2 aromatic carbocycles. The zero-order valence-corrected chi connectivity index (χ0v) is 15.0. The summed E-state index contributed by atoms with van der Waals surface area (Å²) in [5.74, 6) is 0.764. The van der Waals surface area contributed by atoms with Crippen LogP contribution in [0.25, 0.3) is 0 Å². The fourth-order valence-electron chi connectivity index (χ4n) is 2.45. The number of nitrogens with zero attached hydrogens (tertiary/aromatic N) is 1. The largest absolute Gasteiger partial charge is 0.489 e. The van der Waals surface area contributed by atoms with Crippen molar-refractivity contribution in [3.63, 3.8) is 0 Å². The summed E-state index contributed by atoms with van der Waals surface area (Å²) in [6.45, 7) is 4.51. The molecule has 2 N–H and O–H groups in total. The highest BCUT2D eigenvalue weighted by Gasteiger charge is 2.18. The predicted octanol–water partition coefficient (Wildman–Crippen LogP) is 3.18. The van der Waals surface area contributed by atoms with E-state index in [0.717, 1.165) is 16.9 Å². The molecule has 0 aromatic heterocycles. The van der Waals surface area contributed by atoms with Crippen LogP contribution in [0.2, 0.25) is 0 Å². The molecule has 5 nitrogen and oxygen atoms in total. The quantitative estimate of drug-likeness (QED) is 0.812. The molecule has 0 heterocycles. The van der Waals surface area contributed by atoms with E-state index < -0.39 is 5.60 Å². The molecular formula is C20H26N2O3. The Morgan fingerprint density at radius 1 is 1.12 bits per heavy atom. The van der Waals surface area contributed by atoms with Gasteiger partial charge in [-0.25, -0.2) is 4.79 Å². The van der Waals surface area contributed by atoms with E-state index in [0.29, 0.717) is 13.2 Å². The van der Waals surface area contributed by atoms with Gasteiger partial charge in [0.1, 0.15) is 12.4 Å². The van der Waals surface area contributed by atoms with Crippen molar-refractivity contribution in [2.75, 3.05) is 13.6 Å². The second-order valence-electron chi connectivity index (χ2n) is 6.75. The summed E-state index contributed by atoms with van der Waals surface area (Å²) in [4.78, 5) is 13.5. The number of aliphatic hydroxyl groups is 1. The number of urea groups is 1. The molecule has 134 valence electrons. The second-order valence-corrected chi connectivity index (χ2v) is 6.75. The van der Waals surface area contributed by atoms with E-state index in [1.807, 2.05) is 54.6 Å². The first-order chi connectivity index (χ1) is 11.8. The van der Waals surface area contributed by atoms with Gasteiger partial charge in [0.25, 0.3) is 0 Å². The molecule has 0 atom stereocenters. The Hall–Kier alpha value is -2.53. The van der Waals surface area contributed by atoms with Crippen LogP contribution in [0.15, 0.2) is 54.6 Å². The highest BCUT2D eigenvalue weighted by atomic mass is 16.5. The number of ether oxygens (including phenoxy) is 1. The van der Waals surface area contributed by atoms with Gasteiger partial charge in [0.05, 0.1) is 12.1 Å². The third-order valence-corrected chi connectivity index (χ3v) is 3.56. The van der Waals surface area contributed by atoms with E-state index in [2.05, 4.69) is 5.32 Å². The summed E-state index contributed by atoms with van der Waals surface area (Å²) >= 11 is 0. The monoisotopic (exact) mass is 342 g/mol. The number of hydrogen-bond donors (Lipinski definition) is 2. The van der Waals surface area contributed by atoms with E-state index in [1.165, 1.54) is 4.90 Å². The molecule has 2 amide bonds. The van der Waals surface area contributed by atoms with Crippen LogP contribution < -0.4 is 10.1 Å². The first kappa shape index (κ1) is 18.8. The molecule has 0 fully saturated rings. The van der Waals surface area contributed by atoms with E-state index in [1.54, 1.807) is 20.9 Å². The molecule has 0 saturated carbocycles. The Labute approximate surface area is 149 Å². The lowest BCUT2D eigenvalue weighted by molar-refractivity contribution is 0.0531. The van der Waals surface area contributed by atoms with Crippen molar-refractivity contribution in [2.24, 2.45) is 0 Å². The molecule has 2 aromatic rings. The zero-order valence-electron chi connectivity index (χ0n) is 15.0. The molecular weight excluding hydrogens is 316 g/mol. The maximum Gasteiger partial charge on any atom is 0.317 e. The first-order valence-corrected chi connectivity index (χ1v) is 8.30. The number of carbonyl (C=O) groups excluding carboxylic acids is 1. The lowest BCUT2D eigenvalue weighted by atomic mass is 10.1. The Kier molecular flexibility index (Phi) is 6.42. The van der Waals surface area contributed by atoms with Gasteiger partial charge >= 0.3 is 6.03 Å². The van der Waals surface area contributed by atoms with Gasteiger partial charge in [0.15, 0.2) is 0 Å². The number of carbonyl (C=O) groups is 1. The summed E-state index contributed by atoms with van der Waals surface area (Å²) < 4.78 is 5.80. The summed E-state index contributed by atoms with van der Waals surface area (Å²) in [7, 11) is 1.66. The van der Waals surface area contributed by atoms with E-state index >= 15 is 0 Å². The second kappa shape index (κ2) is 8.53. The summed E-state index contributed by atoms with van der Waals surface area (Å²) in [6.07, 6.45) is 0. The van der Waals surface area contributed by atoms with Gasteiger partial charge in [-0.2, -0.15) is 0 Å². The van der Waals surface area contributed by atoms with Crippen LogP contribution >= 0.6 is 0 Å². The average molecular weight is 342 g/mol. The number of amides is 2. The minimum Gasteiger partial charge on any atom is -0.489 e. The minimum atomic E-state index is -0.919. The normalized spacial score (nSPS) is 11.0. The van der Waals surface area contributed by atoms with Crippen molar-refractivity contribution in [3.8, 4) is 5.75 Å². The Morgan fingerprint density at radius 2 is 1.80 bits per heavy atom. The molecule has 0 aliphatic heterocycles. The molecule has 0 aliphatic carbocycles. The van der Waals surface area contributed by atoms with Gasteiger partial charge in [0, 0.05) is 13.6 Å². The van der Waals surface area contributed by atoms with Crippen molar-refractivity contribution in [2.45, 2.75) is 32.6 Å². The van der Waals surface area contributed by atoms with Gasteiger partial charge in [-0.3, -0.25) is 0 Å². The van der Waals surface area contributed by atoms with E-state index in [-0.39, 0.29) is 12.6 Å². The topological polar surface area (TPSA) is 61.8 Å². The standard InChI is InChI=1S/C20H26N2O3/c1-20(2,24)15-22(3)19(23)21-13-17-10-7-11-18(12-17)25-14-16-8-5-4-6-9-16/h4-12,24H,13-15H2,1-3H3,(H,21,23). The Balaban J connectivity index is 1.85. The summed E-state index contributed by atoms with van der Waals surface area (Å²) in [6, 6.07) is 17.4. The fraction of sp³-hybridized carbons (Fsp3) is 0.350. The van der Waals surface area contributed by atoms with Crippen molar-refractivity contribution in [3.05, 3.63) is 65.7 Å². The first-order valence-electron chi connectivity index (χ1n) is 8.30. The van der Waals surface area contributed by atoms with Crippen LogP contribution in [0.1, 0.15) is 25.0 Å². The SMILES string of the molecule is CN(CC(C)(C)O)C(=O)NCc1cccc(OCc2ccccc2)c1. The van der Waals surface area contributed by atoms with Crippen LogP contribution in [0.4, 0.5) is 4.79 Å². The van der Waals surface area contributed by atoms with Crippen LogP contribution in [0, 0.1) is 0 Å². The molecule has 0 spiro atoms. The maximum absolute atomic E-state index is 12.1. The molecule has 0 bridgehead atoms. The number of benzene rings is 2. The van der Waals surface area contributed by atoms with Crippen molar-refractivity contribution >= 4 is 6.03 Å². The van der Waals surface area contributed by atoms with Crippen LogP contribution in [-0.2, 0) is 13.2 Å². The molecule has 0 radical (unpaired) electrons. The van der Waals surface area contributed by atoms with Gasteiger partial charge < -0.3 is 20.1 Å². The van der Waals surface area contributed by atoms with Crippen LogP contribution in [0.5, 0.6) is 5.75 Å². The highest BCUT2D eigenvalue weighted by molar-refractivity contribution is 5.73. The fourth-order valence-corrected chi connectivity index (χ4v) is 2.45. The van der Waals surface area contributed by atoms with Crippen LogP contribution in [0.3, 0.4) is 0 Å². The third-order valence-electron chi connectivity index (χ3n) is 3.56. The zero-order chi connectivity index (χ0) is 18.3. The molecule has 0 unspecified atom stereocenters. The molecule has 25 heavy (non-hydrogen) atoms. The number of likely N-dealkylation sites (N-methyl/N-ethyl adjacent to an activating group) is 1. The molecule has 0 aliphatic rings. The third kappa shape index (κ3) is 6.85. The number of hydrogen-bond acceptors (Lipinski definition) is 3. The smallest absolute Gasteiger partial charge is 0.317 e. The minimum absolute atomic E-state index is 0.224. The Morgan fingerprint density at radius 3 is 2.48 bits per heavy atom. The predicted molar refractivity (Wildman–Crippen MR) is 98.4 cm³/mol. The van der Waals surface area contributed by atoms with Gasteiger partial charge in [0.2, 0.25) is 0 Å². The lowest BCUT2D eigenvalue weighted by Crippen LogP contribution is -2.44. The lowest BCUT2D eigenvalue weighted by Gasteiger charge is -2.25. The molecule has 0 saturated heterocycles. The maximum atomic E-state index is 12.1. The van der Waals surface area contributed by atoms with Gasteiger partial charge in [-0.15, -0.1) is 0 Å². The molecule has 5 heteroatoms. The summed E-state index contributed by atoms with van der Waals surface area (Å²) in [5.41, 5.74) is 1.14. The van der Waals surface area contributed by atoms with Crippen molar-refractivity contribution < 1.29 is 14.6 Å². The average Bonchev–Trinajstić information content (AvgIpc) is 2.57. The summed E-state index contributed by atoms with van der Waals surface area (Å²) in [5, 5.41) is 12.6. The number of nitrogens with one attached hydrogen (secondary N) is 1. The molecule has 2 rings (SSSR count). The van der Waals surface area contributed by atoms with Crippen LogP contribution in [-0.4, -0.2) is 35.2 Å². The van der Waals surface area contributed by atoms with E-state index in [4.69, 9.17) is 4.74 Å². The highest BCUT2D eigenvalue weighted by Crippen LogP contribution is 2.15. The van der Waals surface area contributed by atoms with Crippen molar-refractivity contribution in [1.82, 2.24) is 10.2 Å². The van der Waals surface area contributed by atoms with Gasteiger partial charge in [-0.1, -0.05) is 42.5 Å². The van der Waals surface area contributed by atoms with Crippen molar-refractivity contribution in [1.29, 1.82) is 0 Å².